The molecule has 0 bridgehead atoms. The molecule has 0 atom stereocenters. The number of amides is 1. The van der Waals surface area contributed by atoms with Crippen molar-refractivity contribution in [1.29, 1.82) is 0 Å². The van der Waals surface area contributed by atoms with Gasteiger partial charge in [0, 0.05) is 25.5 Å². The van der Waals surface area contributed by atoms with Gasteiger partial charge in [0.2, 0.25) is 0 Å². The Labute approximate surface area is 153 Å². The van der Waals surface area contributed by atoms with Crippen LogP contribution in [-0.4, -0.2) is 42.3 Å². The molecule has 138 valence electrons. The molecular weight excluding hydrogens is 332 g/mol. The van der Waals surface area contributed by atoms with Crippen molar-refractivity contribution >= 4 is 6.09 Å². The lowest BCUT2D eigenvalue weighted by Gasteiger charge is -2.25. The van der Waals surface area contributed by atoms with E-state index >= 15 is 0 Å². The number of aromatic nitrogens is 1. The second-order valence-corrected chi connectivity index (χ2v) is 6.14. The number of carbonyl (C=O) groups excluding carboxylic acids is 1. The number of nitrogens with zero attached hydrogens (tertiary/aromatic N) is 2. The van der Waals surface area contributed by atoms with Gasteiger partial charge in [0.15, 0.2) is 0 Å². The van der Waals surface area contributed by atoms with Crippen LogP contribution in [-0.2, 0) is 11.3 Å². The van der Waals surface area contributed by atoms with Gasteiger partial charge in [-0.05, 0) is 61.2 Å². The van der Waals surface area contributed by atoms with Crippen molar-refractivity contribution in [1.82, 2.24) is 9.88 Å². The van der Waals surface area contributed by atoms with Gasteiger partial charge in [0.1, 0.15) is 18.1 Å². The first-order valence-electron chi connectivity index (χ1n) is 8.97. The number of rotatable bonds is 7. The first kappa shape index (κ1) is 18.2. The van der Waals surface area contributed by atoms with Crippen molar-refractivity contribution in [2.24, 2.45) is 0 Å². The van der Waals surface area contributed by atoms with E-state index in [2.05, 4.69) is 4.98 Å². The van der Waals surface area contributed by atoms with Gasteiger partial charge in [-0.15, -0.1) is 0 Å². The van der Waals surface area contributed by atoms with E-state index in [1.807, 2.05) is 12.1 Å². The molecule has 0 radical (unpaired) electrons. The Bertz CT molecular complexity index is 670. The summed E-state index contributed by atoms with van der Waals surface area (Å²) < 4.78 is 16.6. The van der Waals surface area contributed by atoms with Crippen molar-refractivity contribution in [3.63, 3.8) is 0 Å². The molecule has 2 aromatic rings. The van der Waals surface area contributed by atoms with Crippen LogP contribution in [0.2, 0.25) is 0 Å². The van der Waals surface area contributed by atoms with Gasteiger partial charge in [0.25, 0.3) is 0 Å². The molecule has 0 N–H and O–H groups in total. The van der Waals surface area contributed by atoms with Crippen LogP contribution in [0.4, 0.5) is 4.79 Å². The topological polar surface area (TPSA) is 60.9 Å². The number of hydrogen-bond acceptors (Lipinski definition) is 5. The van der Waals surface area contributed by atoms with Gasteiger partial charge in [-0.3, -0.25) is 4.98 Å². The molecule has 0 spiro atoms. The highest BCUT2D eigenvalue weighted by molar-refractivity contribution is 5.70. The fraction of sp³-hybridized carbons (Fsp3) is 0.400. The summed E-state index contributed by atoms with van der Waals surface area (Å²) in [5, 5.41) is 0. The second kappa shape index (κ2) is 9.77. The number of benzene rings is 1. The zero-order valence-electron chi connectivity index (χ0n) is 14.8. The lowest BCUT2D eigenvalue weighted by atomic mass is 10.1. The summed E-state index contributed by atoms with van der Waals surface area (Å²) in [7, 11) is 0. The fourth-order valence-electron chi connectivity index (χ4n) is 2.73. The quantitative estimate of drug-likeness (QED) is 0.709. The van der Waals surface area contributed by atoms with Crippen LogP contribution in [0.15, 0.2) is 48.8 Å². The summed E-state index contributed by atoms with van der Waals surface area (Å²) >= 11 is 0. The van der Waals surface area contributed by atoms with Crippen molar-refractivity contribution in [2.45, 2.75) is 25.9 Å². The molecule has 6 nitrogen and oxygen atoms in total. The molecular formula is C20H24N2O4. The van der Waals surface area contributed by atoms with Crippen molar-refractivity contribution in [2.75, 3.05) is 26.3 Å². The fourth-order valence-corrected chi connectivity index (χ4v) is 2.73. The van der Waals surface area contributed by atoms with E-state index in [0.717, 1.165) is 37.2 Å². The van der Waals surface area contributed by atoms with Gasteiger partial charge in [0.05, 0.1) is 13.2 Å². The predicted molar refractivity (Wildman–Crippen MR) is 97.3 cm³/mol. The third kappa shape index (κ3) is 5.74. The highest BCUT2D eigenvalue weighted by Gasteiger charge is 2.18. The zero-order chi connectivity index (χ0) is 18.0. The van der Waals surface area contributed by atoms with E-state index in [4.69, 9.17) is 14.2 Å². The van der Waals surface area contributed by atoms with E-state index in [0.29, 0.717) is 25.6 Å². The minimum Gasteiger partial charge on any atom is -0.491 e. The minimum atomic E-state index is -0.275. The lowest BCUT2D eigenvalue weighted by molar-refractivity contribution is 0.0888. The Morgan fingerprint density at radius 2 is 1.62 bits per heavy atom. The highest BCUT2D eigenvalue weighted by Crippen LogP contribution is 2.19. The maximum absolute atomic E-state index is 12.1. The van der Waals surface area contributed by atoms with Gasteiger partial charge < -0.3 is 19.1 Å². The Hall–Kier alpha value is -2.60. The summed E-state index contributed by atoms with van der Waals surface area (Å²) in [6.45, 7) is 3.04. The van der Waals surface area contributed by atoms with Gasteiger partial charge >= 0.3 is 6.09 Å². The van der Waals surface area contributed by atoms with E-state index < -0.39 is 0 Å². The first-order chi connectivity index (χ1) is 12.8. The third-order valence-electron chi connectivity index (χ3n) is 4.16. The summed E-state index contributed by atoms with van der Waals surface area (Å²) in [5.74, 6) is 1.25. The smallest absolute Gasteiger partial charge is 0.415 e. The Morgan fingerprint density at radius 3 is 2.35 bits per heavy atom. The maximum atomic E-state index is 12.1. The highest BCUT2D eigenvalue weighted by atomic mass is 16.6. The maximum Gasteiger partial charge on any atom is 0.415 e. The second-order valence-electron chi connectivity index (χ2n) is 6.14. The number of pyridine rings is 1. The molecule has 1 aliphatic rings. The van der Waals surface area contributed by atoms with Gasteiger partial charge in [-0.1, -0.05) is 0 Å². The molecule has 3 rings (SSSR count). The minimum absolute atomic E-state index is 0.275. The van der Waals surface area contributed by atoms with Crippen LogP contribution in [0.25, 0.3) is 0 Å². The normalized spacial score (nSPS) is 14.1. The summed E-state index contributed by atoms with van der Waals surface area (Å²) in [5.41, 5.74) is 1.08. The molecule has 1 aromatic carbocycles. The molecule has 6 heteroatoms. The van der Waals surface area contributed by atoms with Crippen molar-refractivity contribution in [3.8, 4) is 11.5 Å². The molecule has 1 saturated heterocycles. The van der Waals surface area contributed by atoms with E-state index in [-0.39, 0.29) is 6.09 Å². The first-order valence-corrected chi connectivity index (χ1v) is 8.97. The third-order valence-corrected chi connectivity index (χ3v) is 4.16. The van der Waals surface area contributed by atoms with Crippen molar-refractivity contribution in [3.05, 3.63) is 54.4 Å². The molecule has 1 amide bonds. The predicted octanol–water partition coefficient (Wildman–Crippen LogP) is 3.66. The molecule has 0 aliphatic carbocycles. The van der Waals surface area contributed by atoms with Crippen LogP contribution >= 0.6 is 0 Å². The number of likely N-dealkylation sites (tertiary alicyclic amines) is 1. The number of piperidine rings is 1. The van der Waals surface area contributed by atoms with E-state index in [9.17, 15) is 4.79 Å². The lowest BCUT2D eigenvalue weighted by Crippen LogP contribution is -2.37. The standard InChI is InChI=1S/C20H24N2O4/c23-20(22-12-2-1-3-13-22)26-19-6-4-18(5-7-19)25-15-14-24-16-17-8-10-21-11-9-17/h4-11H,1-3,12-16H2. The average Bonchev–Trinajstić information content (AvgIpc) is 2.70. The summed E-state index contributed by atoms with van der Waals surface area (Å²) in [4.78, 5) is 17.8. The summed E-state index contributed by atoms with van der Waals surface area (Å²) in [6, 6.07) is 10.9. The van der Waals surface area contributed by atoms with E-state index in [1.165, 1.54) is 6.42 Å². The molecule has 26 heavy (non-hydrogen) atoms. The number of ether oxygens (including phenoxy) is 3. The van der Waals surface area contributed by atoms with E-state index in [1.54, 1.807) is 41.6 Å². The molecule has 0 unspecified atom stereocenters. The van der Waals surface area contributed by atoms with Crippen LogP contribution in [0.3, 0.4) is 0 Å². The summed E-state index contributed by atoms with van der Waals surface area (Å²) in [6.07, 6.45) is 6.49. The van der Waals surface area contributed by atoms with Crippen LogP contribution < -0.4 is 9.47 Å². The van der Waals surface area contributed by atoms with Crippen LogP contribution in [0, 0.1) is 0 Å². The van der Waals surface area contributed by atoms with Crippen LogP contribution in [0.1, 0.15) is 24.8 Å². The largest absolute Gasteiger partial charge is 0.491 e. The molecule has 1 aliphatic heterocycles. The van der Waals surface area contributed by atoms with Gasteiger partial charge in [-0.25, -0.2) is 4.79 Å². The average molecular weight is 356 g/mol. The van der Waals surface area contributed by atoms with Crippen molar-refractivity contribution < 1.29 is 19.0 Å². The monoisotopic (exact) mass is 356 g/mol. The Balaban J connectivity index is 1.35. The molecule has 2 heterocycles. The number of carbonyl (C=O) groups is 1. The SMILES string of the molecule is O=C(Oc1ccc(OCCOCc2ccncc2)cc1)N1CCCCC1. The molecule has 0 saturated carbocycles. The Morgan fingerprint density at radius 1 is 0.923 bits per heavy atom. The van der Waals surface area contributed by atoms with Crippen LogP contribution in [0.5, 0.6) is 11.5 Å². The van der Waals surface area contributed by atoms with Gasteiger partial charge in [-0.2, -0.15) is 0 Å². The zero-order valence-corrected chi connectivity index (χ0v) is 14.8. The molecule has 1 fully saturated rings. The molecule has 1 aromatic heterocycles. The Kier molecular flexibility index (Phi) is 6.84. The number of hydrogen-bond donors (Lipinski definition) is 0.